The van der Waals surface area contributed by atoms with Gasteiger partial charge in [0.05, 0.1) is 11.4 Å². The van der Waals surface area contributed by atoms with Crippen LogP contribution in [0.1, 0.15) is 27.3 Å². The number of nitrogens with two attached hydrogens (primary N) is 1. The summed E-state index contributed by atoms with van der Waals surface area (Å²) in [4.78, 5) is 13.9. The predicted octanol–water partition coefficient (Wildman–Crippen LogP) is 2.44. The van der Waals surface area contributed by atoms with Crippen molar-refractivity contribution in [3.05, 3.63) is 77.6 Å². The van der Waals surface area contributed by atoms with E-state index in [9.17, 15) is 9.90 Å². The summed E-state index contributed by atoms with van der Waals surface area (Å²) in [5, 5.41) is 25.3. The molecule has 2 heterocycles. The number of anilines is 1. The van der Waals surface area contributed by atoms with E-state index >= 15 is 0 Å². The van der Waals surface area contributed by atoms with Gasteiger partial charge >= 0.3 is 0 Å². The van der Waals surface area contributed by atoms with Crippen LogP contribution in [0.5, 0.6) is 5.75 Å². The molecule has 12 heteroatoms. The van der Waals surface area contributed by atoms with Gasteiger partial charge in [-0.05, 0) is 41.5 Å². The summed E-state index contributed by atoms with van der Waals surface area (Å²) in [6, 6.07) is 14.6. The maximum absolute atomic E-state index is 12.9. The normalized spacial score (nSPS) is 10.7. The number of aromatic hydroxyl groups is 1. The van der Waals surface area contributed by atoms with Crippen molar-refractivity contribution < 1.29 is 14.5 Å². The number of aryl methyl sites for hydroxylation is 1. The third-order valence-corrected chi connectivity index (χ3v) is 5.65. The van der Waals surface area contributed by atoms with Gasteiger partial charge in [0.15, 0.2) is 5.69 Å². The molecule has 0 aliphatic heterocycles. The first-order valence-corrected chi connectivity index (χ1v) is 10.7. The number of para-hydroxylation sites is 1. The number of thioether (sulfide) groups is 1. The van der Waals surface area contributed by atoms with E-state index in [1.165, 1.54) is 22.5 Å². The van der Waals surface area contributed by atoms with Crippen LogP contribution >= 0.6 is 11.8 Å². The molecule has 0 spiro atoms. The lowest BCUT2D eigenvalue weighted by atomic mass is 10.1. The van der Waals surface area contributed by atoms with Crippen LogP contribution in [-0.2, 0) is 5.75 Å². The maximum Gasteiger partial charge on any atom is 0.292 e. The van der Waals surface area contributed by atoms with E-state index in [1.54, 1.807) is 18.2 Å². The predicted molar refractivity (Wildman–Crippen MR) is 122 cm³/mol. The number of carbonyl (C=O) groups is 1. The van der Waals surface area contributed by atoms with Crippen LogP contribution in [0.3, 0.4) is 0 Å². The third kappa shape index (κ3) is 4.80. The third-order valence-electron chi connectivity index (χ3n) is 4.63. The Kier molecular flexibility index (Phi) is 6.26. The molecule has 0 unspecified atom stereocenters. The number of aromatic nitrogens is 5. The van der Waals surface area contributed by atoms with E-state index in [4.69, 9.17) is 5.73 Å². The summed E-state index contributed by atoms with van der Waals surface area (Å²) in [7, 11) is 0. The lowest BCUT2D eigenvalue weighted by molar-refractivity contribution is 0.0936. The van der Waals surface area contributed by atoms with E-state index < -0.39 is 5.91 Å². The number of hydrazine groups is 1. The highest BCUT2D eigenvalue weighted by Crippen LogP contribution is 2.26. The van der Waals surface area contributed by atoms with Crippen LogP contribution in [0.25, 0.3) is 11.5 Å². The number of phenols is 1. The minimum atomic E-state index is -0.563. The summed E-state index contributed by atoms with van der Waals surface area (Å²) < 4.78 is 5.99. The smallest absolute Gasteiger partial charge is 0.292 e. The minimum Gasteiger partial charge on any atom is -0.507 e. The van der Waals surface area contributed by atoms with Gasteiger partial charge in [-0.1, -0.05) is 41.6 Å². The highest BCUT2D eigenvalue weighted by Gasteiger charge is 2.24. The van der Waals surface area contributed by atoms with Crippen molar-refractivity contribution in [2.75, 3.05) is 5.73 Å². The number of hydrogen-bond acceptors (Lipinski definition) is 10. The summed E-state index contributed by atoms with van der Waals surface area (Å²) in [6.07, 6.45) is 0. The zero-order valence-corrected chi connectivity index (χ0v) is 18.3. The highest BCUT2D eigenvalue weighted by atomic mass is 32.2. The van der Waals surface area contributed by atoms with Crippen molar-refractivity contribution in [2.45, 2.75) is 17.6 Å². The zero-order chi connectivity index (χ0) is 23.4. The van der Waals surface area contributed by atoms with Crippen molar-refractivity contribution in [1.29, 1.82) is 0 Å². The first-order chi connectivity index (χ1) is 15.9. The van der Waals surface area contributed by atoms with Gasteiger partial charge in [0, 0.05) is 16.2 Å². The number of nitrogens with zero attached hydrogens (tertiary/aromatic N) is 5. The topological polar surface area (TPSA) is 157 Å². The minimum absolute atomic E-state index is 0.0134. The van der Waals surface area contributed by atoms with Crippen LogP contribution < -0.4 is 16.6 Å². The molecule has 0 bridgehead atoms. The Hall–Kier alpha value is -4.32. The van der Waals surface area contributed by atoms with Gasteiger partial charge in [-0.2, -0.15) is 4.68 Å². The second kappa shape index (κ2) is 9.44. The average Bonchev–Trinajstić information content (AvgIpc) is 3.42. The zero-order valence-electron chi connectivity index (χ0n) is 17.5. The Morgan fingerprint density at radius 1 is 1.18 bits per heavy atom. The van der Waals surface area contributed by atoms with Gasteiger partial charge in [-0.25, -0.2) is 4.63 Å². The van der Waals surface area contributed by atoms with Crippen molar-refractivity contribution in [3.8, 4) is 11.6 Å². The average molecular weight is 465 g/mol. The fourth-order valence-corrected chi connectivity index (χ4v) is 3.78. The van der Waals surface area contributed by atoms with Crippen LogP contribution in [-0.4, -0.2) is 36.3 Å². The van der Waals surface area contributed by atoms with Gasteiger partial charge in [-0.3, -0.25) is 15.6 Å². The number of nitrogen functional groups attached to an aromatic ring is 1. The number of phenolic OH excluding ortho intramolecular Hbond substituents is 1. The van der Waals surface area contributed by atoms with Crippen molar-refractivity contribution >= 4 is 29.2 Å². The van der Waals surface area contributed by atoms with Crippen LogP contribution in [0, 0.1) is 6.92 Å². The molecule has 33 heavy (non-hydrogen) atoms. The van der Waals surface area contributed by atoms with Gasteiger partial charge in [0.2, 0.25) is 11.6 Å². The Balaban J connectivity index is 1.56. The number of carbonyl (C=O) groups excluding carboxylic acids is 1. The standard InChI is InChI=1S/C21H20N8O3S/c1-12-7-9-14(10-8-12)33-11-16-18(24-28-29(16)20-19(22)26-32-27-20)21(31)25-23-13(2)15-5-3-4-6-17(15)30/h3-10,23,30H,2,11H2,1H3,(H2,22,26)(H,25,31). The highest BCUT2D eigenvalue weighted by molar-refractivity contribution is 7.98. The van der Waals surface area contributed by atoms with E-state index in [2.05, 4.69) is 42.7 Å². The van der Waals surface area contributed by atoms with Gasteiger partial charge in [-0.15, -0.1) is 16.9 Å². The summed E-state index contributed by atoms with van der Waals surface area (Å²) in [5.74, 6) is -0.0511. The largest absolute Gasteiger partial charge is 0.507 e. The molecule has 168 valence electrons. The molecule has 0 saturated heterocycles. The number of rotatable bonds is 8. The van der Waals surface area contributed by atoms with Crippen LogP contribution in [0.2, 0.25) is 0 Å². The van der Waals surface area contributed by atoms with Gasteiger partial charge < -0.3 is 10.8 Å². The Morgan fingerprint density at radius 3 is 2.64 bits per heavy atom. The quantitative estimate of drug-likeness (QED) is 0.225. The molecule has 0 atom stereocenters. The van der Waals surface area contributed by atoms with Crippen LogP contribution in [0.15, 0.2) is 64.6 Å². The van der Waals surface area contributed by atoms with Crippen molar-refractivity contribution in [2.24, 2.45) is 0 Å². The molecule has 4 aromatic rings. The Morgan fingerprint density at radius 2 is 1.94 bits per heavy atom. The van der Waals surface area contributed by atoms with Gasteiger partial charge in [0.1, 0.15) is 5.75 Å². The molecule has 4 rings (SSSR count). The lowest BCUT2D eigenvalue weighted by Gasteiger charge is -2.12. The molecule has 2 aromatic carbocycles. The molecule has 5 N–H and O–H groups in total. The van der Waals surface area contributed by atoms with Crippen LogP contribution in [0.4, 0.5) is 5.82 Å². The first kappa shape index (κ1) is 21.9. The Labute approximate surface area is 192 Å². The molecule has 1 amide bonds. The molecule has 0 fully saturated rings. The van der Waals surface area contributed by atoms with E-state index in [0.717, 1.165) is 10.5 Å². The molecule has 11 nitrogen and oxygen atoms in total. The monoisotopic (exact) mass is 464 g/mol. The molecule has 0 aliphatic rings. The second-order valence-electron chi connectivity index (χ2n) is 6.95. The van der Waals surface area contributed by atoms with Crippen molar-refractivity contribution in [3.63, 3.8) is 0 Å². The molecule has 2 aromatic heterocycles. The van der Waals surface area contributed by atoms with E-state index in [0.29, 0.717) is 22.7 Å². The van der Waals surface area contributed by atoms with Crippen molar-refractivity contribution in [1.82, 2.24) is 36.2 Å². The second-order valence-corrected chi connectivity index (χ2v) is 7.99. The number of amides is 1. The lowest BCUT2D eigenvalue weighted by Crippen LogP contribution is -2.36. The fraction of sp³-hybridized carbons (Fsp3) is 0.0952. The molecule has 0 radical (unpaired) electrons. The fourth-order valence-electron chi connectivity index (χ4n) is 2.89. The first-order valence-electron chi connectivity index (χ1n) is 9.70. The maximum atomic E-state index is 12.9. The Bertz CT molecular complexity index is 1300. The number of hydrogen-bond donors (Lipinski definition) is 4. The van der Waals surface area contributed by atoms with E-state index in [-0.39, 0.29) is 23.1 Å². The van der Waals surface area contributed by atoms with E-state index in [1.807, 2.05) is 31.2 Å². The summed E-state index contributed by atoms with van der Waals surface area (Å²) in [6.45, 7) is 5.84. The SMILES string of the molecule is C=C(NNC(=O)c1nnn(-c2nonc2N)c1CSc1ccc(C)cc1)c1ccccc1O. The summed E-state index contributed by atoms with van der Waals surface area (Å²) >= 11 is 1.49. The molecule has 0 saturated carbocycles. The molecular weight excluding hydrogens is 444 g/mol. The summed E-state index contributed by atoms with van der Waals surface area (Å²) in [5.41, 5.74) is 13.4. The molecule has 0 aliphatic carbocycles. The van der Waals surface area contributed by atoms with Gasteiger partial charge in [0.25, 0.3) is 5.91 Å². The number of benzene rings is 2. The molecular formula is C21H20N8O3S. The number of nitrogens with one attached hydrogen (secondary N) is 2.